The van der Waals surface area contributed by atoms with Crippen LogP contribution in [-0.2, 0) is 4.79 Å². The van der Waals surface area contributed by atoms with Crippen LogP contribution in [0.1, 0.15) is 24.9 Å². The maximum Gasteiger partial charge on any atom is 0.239 e. The van der Waals surface area contributed by atoms with Gasteiger partial charge < -0.3 is 11.1 Å². The second kappa shape index (κ2) is 5.82. The summed E-state index contributed by atoms with van der Waals surface area (Å²) in [4.78, 5) is 11.2. The lowest BCUT2D eigenvalue weighted by molar-refractivity contribution is -0.120. The number of primary amides is 1. The number of carbonyl (C=O) groups is 1. The van der Waals surface area contributed by atoms with Gasteiger partial charge in [-0.15, -0.1) is 0 Å². The summed E-state index contributed by atoms with van der Waals surface area (Å²) in [7, 11) is 0. The number of hydrogen-bond donors (Lipinski definition) is 2. The summed E-state index contributed by atoms with van der Waals surface area (Å²) >= 11 is 5.56. The van der Waals surface area contributed by atoms with Gasteiger partial charge in [-0.1, -0.05) is 24.6 Å². The number of amides is 1. The molecule has 0 heterocycles. The molecule has 5 heteroatoms. The van der Waals surface area contributed by atoms with Crippen molar-refractivity contribution < 1.29 is 9.18 Å². The summed E-state index contributed by atoms with van der Waals surface area (Å²) in [5.41, 5.74) is 5.73. The highest BCUT2D eigenvalue weighted by molar-refractivity contribution is 6.30. The van der Waals surface area contributed by atoms with Gasteiger partial charge in [0.15, 0.2) is 0 Å². The molecule has 0 fully saturated rings. The summed E-state index contributed by atoms with van der Waals surface area (Å²) in [5.74, 6) is -1.08. The van der Waals surface area contributed by atoms with E-state index in [0.717, 1.165) is 6.42 Å². The third-order valence-electron chi connectivity index (χ3n) is 2.16. The summed E-state index contributed by atoms with van der Waals surface area (Å²) in [6.45, 7) is 2.60. The lowest BCUT2D eigenvalue weighted by Crippen LogP contribution is -2.34. The maximum atomic E-state index is 13.2. The predicted octanol–water partition coefficient (Wildman–Crippen LogP) is 2.01. The number of nitrogens with one attached hydrogen (secondary N) is 1. The van der Waals surface area contributed by atoms with Crippen molar-refractivity contribution in [2.75, 3.05) is 6.54 Å². The van der Waals surface area contributed by atoms with Crippen molar-refractivity contribution in [3.63, 3.8) is 0 Å². The summed E-state index contributed by atoms with van der Waals surface area (Å²) in [6.07, 6.45) is 0.861. The van der Waals surface area contributed by atoms with E-state index in [2.05, 4.69) is 5.32 Å². The van der Waals surface area contributed by atoms with Crippen molar-refractivity contribution >= 4 is 17.5 Å². The molecule has 1 rings (SSSR count). The van der Waals surface area contributed by atoms with Crippen LogP contribution in [0.3, 0.4) is 0 Å². The van der Waals surface area contributed by atoms with Crippen LogP contribution >= 0.6 is 11.6 Å². The number of halogens is 2. The molecule has 1 aromatic carbocycles. The van der Waals surface area contributed by atoms with Gasteiger partial charge in [-0.2, -0.15) is 0 Å². The van der Waals surface area contributed by atoms with E-state index in [1.165, 1.54) is 12.1 Å². The number of carbonyl (C=O) groups excluding carboxylic acids is 1. The van der Waals surface area contributed by atoms with Gasteiger partial charge in [0.05, 0.1) is 5.02 Å². The second-order valence-corrected chi connectivity index (χ2v) is 3.87. The predicted molar refractivity (Wildman–Crippen MR) is 61.6 cm³/mol. The molecule has 3 nitrogen and oxygen atoms in total. The Balaban J connectivity index is 2.92. The zero-order valence-corrected chi connectivity index (χ0v) is 9.72. The Bertz CT molecular complexity index is 384. The minimum atomic E-state index is -0.674. The molecule has 0 aliphatic heterocycles. The van der Waals surface area contributed by atoms with E-state index in [4.69, 9.17) is 17.3 Å². The Morgan fingerprint density at radius 2 is 2.31 bits per heavy atom. The fraction of sp³-hybridized carbons (Fsp3) is 0.364. The number of nitrogens with two attached hydrogens (primary N) is 1. The maximum absolute atomic E-state index is 13.2. The Kier molecular flexibility index (Phi) is 4.71. The van der Waals surface area contributed by atoms with Gasteiger partial charge in [0.2, 0.25) is 5.91 Å². The van der Waals surface area contributed by atoms with Gasteiger partial charge >= 0.3 is 0 Å². The molecule has 0 spiro atoms. The Hall–Kier alpha value is -1.13. The standard InChI is InChI=1S/C11H14ClFN2O/c1-2-5-15-10(11(14)16)7-3-4-8(12)9(13)6-7/h3-4,6,10,15H,2,5H2,1H3,(H2,14,16). The van der Waals surface area contributed by atoms with E-state index in [1.807, 2.05) is 6.92 Å². The van der Waals surface area contributed by atoms with E-state index < -0.39 is 17.8 Å². The van der Waals surface area contributed by atoms with Crippen molar-refractivity contribution in [2.45, 2.75) is 19.4 Å². The first-order valence-electron chi connectivity index (χ1n) is 5.04. The molecule has 1 unspecified atom stereocenters. The molecule has 16 heavy (non-hydrogen) atoms. The minimum Gasteiger partial charge on any atom is -0.368 e. The van der Waals surface area contributed by atoms with E-state index in [-0.39, 0.29) is 5.02 Å². The van der Waals surface area contributed by atoms with E-state index >= 15 is 0 Å². The lowest BCUT2D eigenvalue weighted by atomic mass is 10.1. The Morgan fingerprint density at radius 1 is 1.62 bits per heavy atom. The second-order valence-electron chi connectivity index (χ2n) is 3.46. The third kappa shape index (κ3) is 3.18. The van der Waals surface area contributed by atoms with Crippen LogP contribution in [0.25, 0.3) is 0 Å². The van der Waals surface area contributed by atoms with Gasteiger partial charge in [0.25, 0.3) is 0 Å². The topological polar surface area (TPSA) is 55.1 Å². The van der Waals surface area contributed by atoms with E-state index in [9.17, 15) is 9.18 Å². The molecular weight excluding hydrogens is 231 g/mol. The largest absolute Gasteiger partial charge is 0.368 e. The normalized spacial score (nSPS) is 12.4. The quantitative estimate of drug-likeness (QED) is 0.833. The summed E-state index contributed by atoms with van der Waals surface area (Å²) < 4.78 is 13.2. The molecular formula is C11H14ClFN2O. The molecule has 0 saturated carbocycles. The van der Waals surface area contributed by atoms with Gasteiger partial charge in [-0.25, -0.2) is 4.39 Å². The molecule has 0 aromatic heterocycles. The first-order chi connectivity index (χ1) is 7.56. The lowest BCUT2D eigenvalue weighted by Gasteiger charge is -2.15. The highest BCUT2D eigenvalue weighted by atomic mass is 35.5. The number of rotatable bonds is 5. The number of hydrogen-bond acceptors (Lipinski definition) is 2. The van der Waals surface area contributed by atoms with Gasteiger partial charge in [-0.05, 0) is 30.7 Å². The molecule has 0 aliphatic carbocycles. The average Bonchev–Trinajstić information content (AvgIpc) is 2.23. The molecule has 1 atom stereocenters. The smallest absolute Gasteiger partial charge is 0.239 e. The fourth-order valence-corrected chi connectivity index (χ4v) is 1.48. The SMILES string of the molecule is CCCNC(C(N)=O)c1ccc(Cl)c(F)c1. The van der Waals surface area contributed by atoms with Crippen LogP contribution < -0.4 is 11.1 Å². The van der Waals surface area contributed by atoms with Crippen LogP contribution in [0, 0.1) is 5.82 Å². The van der Waals surface area contributed by atoms with Crippen LogP contribution in [0.15, 0.2) is 18.2 Å². The molecule has 0 bridgehead atoms. The third-order valence-corrected chi connectivity index (χ3v) is 2.47. The molecule has 0 aliphatic rings. The van der Waals surface area contributed by atoms with Crippen molar-refractivity contribution in [3.8, 4) is 0 Å². The first kappa shape index (κ1) is 12.9. The average molecular weight is 245 g/mol. The highest BCUT2D eigenvalue weighted by Crippen LogP contribution is 2.20. The molecule has 1 amide bonds. The zero-order valence-electron chi connectivity index (χ0n) is 8.97. The fourth-order valence-electron chi connectivity index (χ4n) is 1.36. The van der Waals surface area contributed by atoms with Crippen molar-refractivity contribution in [1.29, 1.82) is 0 Å². The molecule has 0 radical (unpaired) electrons. The van der Waals surface area contributed by atoms with Gasteiger partial charge in [0.1, 0.15) is 11.9 Å². The van der Waals surface area contributed by atoms with Crippen molar-refractivity contribution in [3.05, 3.63) is 34.6 Å². The molecule has 88 valence electrons. The van der Waals surface area contributed by atoms with E-state index in [0.29, 0.717) is 12.1 Å². The Morgan fingerprint density at radius 3 is 2.81 bits per heavy atom. The zero-order chi connectivity index (χ0) is 12.1. The van der Waals surface area contributed by atoms with Gasteiger partial charge in [0, 0.05) is 0 Å². The highest BCUT2D eigenvalue weighted by Gasteiger charge is 2.17. The number of benzene rings is 1. The van der Waals surface area contributed by atoms with Gasteiger partial charge in [-0.3, -0.25) is 4.79 Å². The summed E-state index contributed by atoms with van der Waals surface area (Å²) in [6, 6.07) is 3.55. The minimum absolute atomic E-state index is 0.0301. The molecule has 1 aromatic rings. The van der Waals surface area contributed by atoms with Crippen molar-refractivity contribution in [1.82, 2.24) is 5.32 Å². The van der Waals surface area contributed by atoms with Crippen LogP contribution in [-0.4, -0.2) is 12.5 Å². The first-order valence-corrected chi connectivity index (χ1v) is 5.41. The Labute approximate surface area is 98.8 Å². The van der Waals surface area contributed by atoms with Crippen LogP contribution in [0.5, 0.6) is 0 Å². The molecule has 3 N–H and O–H groups in total. The van der Waals surface area contributed by atoms with E-state index in [1.54, 1.807) is 6.07 Å². The monoisotopic (exact) mass is 244 g/mol. The van der Waals surface area contributed by atoms with Crippen LogP contribution in [0.2, 0.25) is 5.02 Å². The van der Waals surface area contributed by atoms with Crippen LogP contribution in [0.4, 0.5) is 4.39 Å². The molecule has 0 saturated heterocycles. The van der Waals surface area contributed by atoms with Crippen molar-refractivity contribution in [2.24, 2.45) is 5.73 Å². The summed E-state index contributed by atoms with van der Waals surface area (Å²) in [5, 5.41) is 2.98.